The number of aliphatic imine (C=N–C) groups is 1. The molecular formula is C11H12ClN. The third-order valence-electron chi connectivity index (χ3n) is 1.68. The molecule has 0 saturated carbocycles. The molecule has 1 nitrogen and oxygen atoms in total. The Morgan fingerprint density at radius 3 is 2.46 bits per heavy atom. The summed E-state index contributed by atoms with van der Waals surface area (Å²) in [5.41, 5.74) is 2.09. The predicted octanol–water partition coefficient (Wildman–Crippen LogP) is 3.68. The predicted molar refractivity (Wildman–Crippen MR) is 58.5 cm³/mol. The monoisotopic (exact) mass is 193 g/mol. The molecule has 0 atom stereocenters. The minimum Gasteiger partial charge on any atom is -0.261 e. The van der Waals surface area contributed by atoms with Gasteiger partial charge in [-0.1, -0.05) is 29.8 Å². The zero-order chi connectivity index (χ0) is 9.68. The van der Waals surface area contributed by atoms with Crippen LogP contribution in [0, 0.1) is 0 Å². The molecule has 0 saturated heterocycles. The molecule has 1 rings (SSSR count). The van der Waals surface area contributed by atoms with E-state index in [-0.39, 0.29) is 0 Å². The Kier molecular flexibility index (Phi) is 3.71. The van der Waals surface area contributed by atoms with Crippen molar-refractivity contribution in [3.8, 4) is 0 Å². The van der Waals surface area contributed by atoms with E-state index in [1.807, 2.05) is 44.2 Å². The molecule has 1 aromatic carbocycles. The second-order valence-electron chi connectivity index (χ2n) is 2.70. The molecule has 1 aromatic rings. The Morgan fingerprint density at radius 2 is 1.92 bits per heavy atom. The van der Waals surface area contributed by atoms with Crippen molar-refractivity contribution in [3.05, 3.63) is 47.1 Å². The number of rotatable bonds is 2. The van der Waals surface area contributed by atoms with Gasteiger partial charge in [0.1, 0.15) is 0 Å². The highest BCUT2D eigenvalue weighted by atomic mass is 35.5. The maximum absolute atomic E-state index is 5.77. The van der Waals surface area contributed by atoms with Crippen molar-refractivity contribution in [2.45, 2.75) is 13.8 Å². The lowest BCUT2D eigenvalue weighted by Gasteiger charge is -1.98. The molecule has 0 radical (unpaired) electrons. The molecule has 0 amide bonds. The summed E-state index contributed by atoms with van der Waals surface area (Å²) in [5.74, 6) is 0. The van der Waals surface area contributed by atoms with Crippen molar-refractivity contribution in [3.63, 3.8) is 0 Å². The van der Waals surface area contributed by atoms with E-state index in [0.29, 0.717) is 0 Å². The topological polar surface area (TPSA) is 12.4 Å². The minimum absolute atomic E-state index is 0.752. The molecule has 68 valence electrons. The highest BCUT2D eigenvalue weighted by Gasteiger charge is 1.94. The molecule has 0 N–H and O–H groups in total. The summed E-state index contributed by atoms with van der Waals surface area (Å²) in [7, 11) is 0. The fourth-order valence-electron chi connectivity index (χ4n) is 0.952. The number of halogens is 1. The SMILES string of the molecule is C/C=C/N=C(C)c1ccc(Cl)cc1. The largest absolute Gasteiger partial charge is 0.261 e. The van der Waals surface area contributed by atoms with Gasteiger partial charge in [0.25, 0.3) is 0 Å². The van der Waals surface area contributed by atoms with E-state index in [1.165, 1.54) is 0 Å². The van der Waals surface area contributed by atoms with Crippen LogP contribution < -0.4 is 0 Å². The zero-order valence-corrected chi connectivity index (χ0v) is 8.55. The summed E-state index contributed by atoms with van der Waals surface area (Å²) in [6, 6.07) is 7.66. The molecule has 0 aliphatic rings. The number of hydrogen-bond acceptors (Lipinski definition) is 1. The molecule has 0 bridgehead atoms. The number of nitrogens with zero attached hydrogens (tertiary/aromatic N) is 1. The van der Waals surface area contributed by atoms with E-state index in [9.17, 15) is 0 Å². The van der Waals surface area contributed by atoms with Crippen LogP contribution in [0.1, 0.15) is 19.4 Å². The fourth-order valence-corrected chi connectivity index (χ4v) is 1.08. The summed E-state index contributed by atoms with van der Waals surface area (Å²) >= 11 is 5.77. The lowest BCUT2D eigenvalue weighted by Crippen LogP contribution is -1.92. The van der Waals surface area contributed by atoms with Crippen LogP contribution in [0.4, 0.5) is 0 Å². The third kappa shape index (κ3) is 3.03. The van der Waals surface area contributed by atoms with E-state index in [4.69, 9.17) is 11.6 Å². The maximum Gasteiger partial charge on any atom is 0.0444 e. The average molecular weight is 194 g/mol. The molecule has 0 spiro atoms. The second-order valence-corrected chi connectivity index (χ2v) is 3.14. The standard InChI is InChI=1S/C11H12ClN/c1-3-8-13-9(2)10-4-6-11(12)7-5-10/h3-8H,1-2H3/b8-3+,13-9?. The normalized spacial score (nSPS) is 12.4. The minimum atomic E-state index is 0.752. The highest BCUT2D eigenvalue weighted by Crippen LogP contribution is 2.10. The third-order valence-corrected chi connectivity index (χ3v) is 1.93. The first-order valence-corrected chi connectivity index (χ1v) is 4.53. The van der Waals surface area contributed by atoms with Gasteiger partial charge in [0, 0.05) is 16.9 Å². The summed E-state index contributed by atoms with van der Waals surface area (Å²) in [6.07, 6.45) is 3.68. The van der Waals surface area contributed by atoms with Crippen molar-refractivity contribution in [1.82, 2.24) is 0 Å². The van der Waals surface area contributed by atoms with Gasteiger partial charge in [0.05, 0.1) is 0 Å². The van der Waals surface area contributed by atoms with Gasteiger partial charge in [-0.2, -0.15) is 0 Å². The smallest absolute Gasteiger partial charge is 0.0444 e. The van der Waals surface area contributed by atoms with Gasteiger partial charge >= 0.3 is 0 Å². The van der Waals surface area contributed by atoms with Gasteiger partial charge < -0.3 is 0 Å². The van der Waals surface area contributed by atoms with Crippen LogP contribution in [-0.2, 0) is 0 Å². The fraction of sp³-hybridized carbons (Fsp3) is 0.182. The van der Waals surface area contributed by atoms with Gasteiger partial charge in [0.2, 0.25) is 0 Å². The Bertz CT molecular complexity index is 322. The van der Waals surface area contributed by atoms with Crippen molar-refractivity contribution < 1.29 is 0 Å². The molecule has 0 aliphatic heterocycles. The van der Waals surface area contributed by atoms with Crippen LogP contribution >= 0.6 is 11.6 Å². The molecule has 0 aliphatic carbocycles. The first-order chi connectivity index (χ1) is 6.24. The van der Waals surface area contributed by atoms with E-state index in [1.54, 1.807) is 6.20 Å². The molecule has 13 heavy (non-hydrogen) atoms. The Labute approximate surface area is 83.8 Å². The lowest BCUT2D eigenvalue weighted by atomic mass is 10.1. The summed E-state index contributed by atoms with van der Waals surface area (Å²) in [4.78, 5) is 4.24. The lowest BCUT2D eigenvalue weighted by molar-refractivity contribution is 1.47. The number of benzene rings is 1. The highest BCUT2D eigenvalue weighted by molar-refractivity contribution is 6.30. The van der Waals surface area contributed by atoms with Crippen LogP contribution in [0.2, 0.25) is 5.02 Å². The van der Waals surface area contributed by atoms with E-state index < -0.39 is 0 Å². The van der Waals surface area contributed by atoms with Crippen LogP contribution in [0.25, 0.3) is 0 Å². The van der Waals surface area contributed by atoms with E-state index >= 15 is 0 Å². The number of allylic oxidation sites excluding steroid dienone is 1. The maximum atomic E-state index is 5.77. The van der Waals surface area contributed by atoms with Crippen molar-refractivity contribution >= 4 is 17.3 Å². The first kappa shape index (κ1) is 10.0. The molecule has 0 unspecified atom stereocenters. The Hall–Kier alpha value is -1.08. The number of hydrogen-bond donors (Lipinski definition) is 0. The van der Waals surface area contributed by atoms with Crippen LogP contribution in [0.5, 0.6) is 0 Å². The zero-order valence-electron chi connectivity index (χ0n) is 7.79. The van der Waals surface area contributed by atoms with E-state index in [2.05, 4.69) is 4.99 Å². The van der Waals surface area contributed by atoms with Crippen molar-refractivity contribution in [2.24, 2.45) is 4.99 Å². The van der Waals surface area contributed by atoms with Crippen LogP contribution in [0.15, 0.2) is 41.5 Å². The van der Waals surface area contributed by atoms with Crippen LogP contribution in [-0.4, -0.2) is 5.71 Å². The molecule has 0 aromatic heterocycles. The summed E-state index contributed by atoms with van der Waals surface area (Å²) in [5, 5.41) is 0.752. The first-order valence-electron chi connectivity index (χ1n) is 4.15. The Morgan fingerprint density at radius 1 is 1.31 bits per heavy atom. The van der Waals surface area contributed by atoms with Gasteiger partial charge in [-0.15, -0.1) is 0 Å². The molecule has 2 heteroatoms. The van der Waals surface area contributed by atoms with Gasteiger partial charge in [0.15, 0.2) is 0 Å². The van der Waals surface area contributed by atoms with Gasteiger partial charge in [-0.3, -0.25) is 4.99 Å². The van der Waals surface area contributed by atoms with Crippen LogP contribution in [0.3, 0.4) is 0 Å². The van der Waals surface area contributed by atoms with Gasteiger partial charge in [-0.25, -0.2) is 0 Å². The van der Waals surface area contributed by atoms with Gasteiger partial charge in [-0.05, 0) is 31.5 Å². The summed E-state index contributed by atoms with van der Waals surface area (Å²) in [6.45, 7) is 3.92. The van der Waals surface area contributed by atoms with E-state index in [0.717, 1.165) is 16.3 Å². The second kappa shape index (κ2) is 4.83. The molecule has 0 heterocycles. The summed E-state index contributed by atoms with van der Waals surface area (Å²) < 4.78 is 0. The average Bonchev–Trinajstić information content (AvgIpc) is 2.15. The van der Waals surface area contributed by atoms with Crippen molar-refractivity contribution in [1.29, 1.82) is 0 Å². The molecular weight excluding hydrogens is 182 g/mol. The Balaban J connectivity index is 2.89. The van der Waals surface area contributed by atoms with Crippen molar-refractivity contribution in [2.75, 3.05) is 0 Å². The molecule has 0 fully saturated rings. The quantitative estimate of drug-likeness (QED) is 0.636.